The van der Waals surface area contributed by atoms with Crippen LogP contribution in [0.5, 0.6) is 5.75 Å². The molecule has 0 unspecified atom stereocenters. The first-order chi connectivity index (χ1) is 17.4. The predicted molar refractivity (Wildman–Crippen MR) is 125 cm³/mol. The second-order valence-electron chi connectivity index (χ2n) is 7.13. The van der Waals surface area contributed by atoms with Gasteiger partial charge in [-0.3, -0.25) is 30.0 Å². The zero-order chi connectivity index (χ0) is 25.5. The number of ether oxygens (including phenoxy) is 1. The van der Waals surface area contributed by atoms with Crippen LogP contribution in [0.2, 0.25) is 0 Å². The van der Waals surface area contributed by atoms with Crippen LogP contribution in [0.1, 0.15) is 21.6 Å². The molecule has 36 heavy (non-hydrogen) atoms. The Morgan fingerprint density at radius 3 is 2.56 bits per heavy atom. The highest BCUT2D eigenvalue weighted by atomic mass is 16.6. The summed E-state index contributed by atoms with van der Waals surface area (Å²) in [7, 11) is 0. The average Bonchev–Trinajstić information content (AvgIpc) is 3.37. The van der Waals surface area contributed by atoms with Crippen LogP contribution >= 0.6 is 0 Å². The molecule has 14 nitrogen and oxygen atoms in total. The first-order valence-electron chi connectivity index (χ1n) is 10.2. The molecule has 0 fully saturated rings. The second-order valence-corrected chi connectivity index (χ2v) is 7.13. The summed E-state index contributed by atoms with van der Waals surface area (Å²) in [6.45, 7) is -0.0586. The van der Waals surface area contributed by atoms with Gasteiger partial charge in [-0.15, -0.1) is 5.10 Å². The van der Waals surface area contributed by atoms with Gasteiger partial charge < -0.3 is 4.74 Å². The van der Waals surface area contributed by atoms with Crippen molar-refractivity contribution in [1.29, 1.82) is 0 Å². The number of nitro groups is 2. The number of nitrogens with zero attached hydrogens (tertiary/aromatic N) is 7. The number of amides is 1. The molecule has 1 N–H and O–H groups in total. The molecule has 0 bridgehead atoms. The summed E-state index contributed by atoms with van der Waals surface area (Å²) >= 11 is 0. The molecule has 0 radical (unpaired) electrons. The molecule has 0 saturated carbocycles. The third-order valence-electron chi connectivity index (χ3n) is 4.74. The number of rotatable bonds is 9. The molecule has 0 spiro atoms. The number of hydrogen-bond donors (Lipinski definition) is 1. The molecule has 0 saturated heterocycles. The van der Waals surface area contributed by atoms with Crippen molar-refractivity contribution < 1.29 is 19.4 Å². The number of nitro benzene ring substituents is 2. The Bertz CT molecular complexity index is 1450. The van der Waals surface area contributed by atoms with Crippen LogP contribution < -0.4 is 10.2 Å². The summed E-state index contributed by atoms with van der Waals surface area (Å²) in [5.74, 6) is -0.244. The molecule has 0 aliphatic rings. The molecule has 4 aromatic rings. The average molecular weight is 488 g/mol. The number of benzene rings is 2. The van der Waals surface area contributed by atoms with E-state index in [0.717, 1.165) is 0 Å². The smallest absolute Gasteiger partial charge is 0.271 e. The topological polar surface area (TPSA) is 181 Å². The van der Waals surface area contributed by atoms with Crippen molar-refractivity contribution in [3.63, 3.8) is 0 Å². The van der Waals surface area contributed by atoms with Gasteiger partial charge in [0.05, 0.1) is 27.9 Å². The van der Waals surface area contributed by atoms with Crippen molar-refractivity contribution >= 4 is 23.5 Å². The summed E-state index contributed by atoms with van der Waals surface area (Å²) in [4.78, 5) is 37.1. The van der Waals surface area contributed by atoms with Gasteiger partial charge in [-0.1, -0.05) is 11.3 Å². The summed E-state index contributed by atoms with van der Waals surface area (Å²) < 4.78 is 7.11. The second kappa shape index (κ2) is 10.6. The Morgan fingerprint density at radius 2 is 1.81 bits per heavy atom. The van der Waals surface area contributed by atoms with Crippen LogP contribution in [0, 0.1) is 20.2 Å². The van der Waals surface area contributed by atoms with Gasteiger partial charge in [0, 0.05) is 47.8 Å². The minimum Gasteiger partial charge on any atom is -0.486 e. The molecule has 0 aliphatic carbocycles. The summed E-state index contributed by atoms with van der Waals surface area (Å²) in [5, 5.41) is 34.0. The highest BCUT2D eigenvalue weighted by Gasteiger charge is 2.13. The van der Waals surface area contributed by atoms with E-state index in [1.807, 2.05) is 0 Å². The largest absolute Gasteiger partial charge is 0.486 e. The first-order valence-corrected chi connectivity index (χ1v) is 10.2. The van der Waals surface area contributed by atoms with Crippen molar-refractivity contribution in [3.05, 3.63) is 110 Å². The Morgan fingerprint density at radius 1 is 1.06 bits per heavy atom. The fourth-order valence-electron chi connectivity index (χ4n) is 3.00. The predicted octanol–water partition coefficient (Wildman–Crippen LogP) is 2.82. The molecule has 0 atom stereocenters. The van der Waals surface area contributed by atoms with Crippen LogP contribution in [0.3, 0.4) is 0 Å². The monoisotopic (exact) mass is 488 g/mol. The lowest BCUT2D eigenvalue weighted by molar-refractivity contribution is -0.385. The standard InChI is InChI=1S/C22H16N8O6/c31-22(15-6-8-23-9-7-15)26-24-12-16-10-20(30(34)35)4-5-21(16)36-14-17-13-28(27-25-17)18-2-1-3-19(11-18)29(32)33/h1-13H,14H2,(H,26,31)/b24-12+. The van der Waals surface area contributed by atoms with Gasteiger partial charge in [-0.05, 0) is 24.3 Å². The van der Waals surface area contributed by atoms with Crippen LogP contribution in [0.15, 0.2) is 78.3 Å². The number of nitrogens with one attached hydrogen (secondary N) is 1. The third-order valence-corrected chi connectivity index (χ3v) is 4.74. The van der Waals surface area contributed by atoms with Gasteiger partial charge in [0.25, 0.3) is 17.3 Å². The Hall–Kier alpha value is -5.53. The lowest BCUT2D eigenvalue weighted by Gasteiger charge is -2.07. The maximum absolute atomic E-state index is 12.1. The van der Waals surface area contributed by atoms with E-state index in [1.165, 1.54) is 78.0 Å². The molecule has 2 aromatic heterocycles. The number of non-ortho nitro benzene ring substituents is 2. The van der Waals surface area contributed by atoms with E-state index in [4.69, 9.17) is 4.74 Å². The maximum Gasteiger partial charge on any atom is 0.271 e. The van der Waals surface area contributed by atoms with Crippen molar-refractivity contribution in [2.75, 3.05) is 0 Å². The number of pyridine rings is 1. The minimum atomic E-state index is -0.568. The highest BCUT2D eigenvalue weighted by molar-refractivity contribution is 5.95. The SMILES string of the molecule is O=C(N/N=C/c1cc([N+](=O)[O-])ccc1OCc1cn(-c2cccc([N+](=O)[O-])c2)nn1)c1ccncc1. The van der Waals surface area contributed by atoms with Gasteiger partial charge >= 0.3 is 0 Å². The van der Waals surface area contributed by atoms with Gasteiger partial charge in [-0.25, -0.2) is 10.1 Å². The molecule has 0 aliphatic heterocycles. The highest BCUT2D eigenvalue weighted by Crippen LogP contribution is 2.24. The summed E-state index contributed by atoms with van der Waals surface area (Å²) in [6.07, 6.45) is 5.68. The fourth-order valence-corrected chi connectivity index (χ4v) is 3.00. The van der Waals surface area contributed by atoms with Crippen LogP contribution in [0.4, 0.5) is 11.4 Å². The number of hydrazone groups is 1. The minimum absolute atomic E-state index is 0.0586. The van der Waals surface area contributed by atoms with E-state index in [0.29, 0.717) is 16.9 Å². The maximum atomic E-state index is 12.1. The van der Waals surface area contributed by atoms with E-state index in [1.54, 1.807) is 6.07 Å². The number of hydrogen-bond acceptors (Lipinski definition) is 10. The number of carbonyl (C=O) groups is 1. The van der Waals surface area contributed by atoms with Gasteiger partial charge in [0.2, 0.25) is 0 Å². The normalized spacial score (nSPS) is 10.8. The molecule has 4 rings (SSSR count). The van der Waals surface area contributed by atoms with Crippen LogP contribution in [-0.2, 0) is 6.61 Å². The van der Waals surface area contributed by atoms with E-state index in [9.17, 15) is 25.0 Å². The number of aromatic nitrogens is 4. The zero-order valence-electron chi connectivity index (χ0n) is 18.3. The summed E-state index contributed by atoms with van der Waals surface area (Å²) in [6, 6.07) is 12.8. The molecule has 180 valence electrons. The van der Waals surface area contributed by atoms with Gasteiger partial charge in [0.15, 0.2) is 0 Å². The lowest BCUT2D eigenvalue weighted by Crippen LogP contribution is -2.17. The van der Waals surface area contributed by atoms with Crippen LogP contribution in [-0.4, -0.2) is 41.9 Å². The van der Waals surface area contributed by atoms with Crippen molar-refractivity contribution in [2.45, 2.75) is 6.61 Å². The number of carbonyl (C=O) groups excluding carboxylic acids is 1. The zero-order valence-corrected chi connectivity index (χ0v) is 18.3. The summed E-state index contributed by atoms with van der Waals surface area (Å²) in [5.41, 5.74) is 3.47. The van der Waals surface area contributed by atoms with Gasteiger partial charge in [0.1, 0.15) is 18.1 Å². The molecular weight excluding hydrogens is 472 g/mol. The van der Waals surface area contributed by atoms with Crippen molar-refractivity contribution in [1.82, 2.24) is 25.4 Å². The Balaban J connectivity index is 1.48. The first kappa shape index (κ1) is 23.6. The van der Waals surface area contributed by atoms with E-state index >= 15 is 0 Å². The van der Waals surface area contributed by atoms with E-state index < -0.39 is 15.8 Å². The van der Waals surface area contributed by atoms with Gasteiger partial charge in [-0.2, -0.15) is 5.10 Å². The lowest BCUT2D eigenvalue weighted by atomic mass is 10.2. The molecule has 14 heteroatoms. The van der Waals surface area contributed by atoms with Crippen molar-refractivity contribution in [2.24, 2.45) is 5.10 Å². The van der Waals surface area contributed by atoms with E-state index in [2.05, 4.69) is 25.8 Å². The fraction of sp³-hybridized carbons (Fsp3) is 0.0455. The molecule has 2 aromatic carbocycles. The van der Waals surface area contributed by atoms with Crippen molar-refractivity contribution in [3.8, 4) is 11.4 Å². The third kappa shape index (κ3) is 5.69. The Labute approximate surface area is 202 Å². The molecule has 1 amide bonds. The van der Waals surface area contributed by atoms with Crippen LogP contribution in [0.25, 0.3) is 5.69 Å². The molecular formula is C22H16N8O6. The Kier molecular flexibility index (Phi) is 6.96. The molecule has 2 heterocycles. The van der Waals surface area contributed by atoms with E-state index in [-0.39, 0.29) is 29.3 Å². The quantitative estimate of drug-likeness (QED) is 0.210.